The maximum atomic E-state index is 12.2. The molecule has 0 aliphatic carbocycles. The minimum absolute atomic E-state index is 0.0215. The van der Waals surface area contributed by atoms with Gasteiger partial charge >= 0.3 is 0 Å². The second-order valence-corrected chi connectivity index (χ2v) is 6.46. The van der Waals surface area contributed by atoms with E-state index in [1.807, 2.05) is 42.5 Å². The number of amides is 1. The number of benzene rings is 2. The number of likely N-dealkylation sites (tertiary alicyclic amines) is 1. The molecule has 1 N–H and O–H groups in total. The molecular formula is C21H26N2O. The summed E-state index contributed by atoms with van der Waals surface area (Å²) in [5, 5.41) is 3.03. The molecule has 1 aliphatic rings. The Balaban J connectivity index is 1.45. The van der Waals surface area contributed by atoms with E-state index in [9.17, 15) is 4.79 Å². The quantitative estimate of drug-likeness (QED) is 0.817. The Morgan fingerprint density at radius 3 is 2.25 bits per heavy atom. The summed E-state index contributed by atoms with van der Waals surface area (Å²) in [6.45, 7) is 4.27. The number of nitrogens with zero attached hydrogens (tertiary/aromatic N) is 1. The predicted octanol–water partition coefficient (Wildman–Crippen LogP) is 3.96. The van der Waals surface area contributed by atoms with E-state index in [0.29, 0.717) is 0 Å². The van der Waals surface area contributed by atoms with E-state index in [4.69, 9.17) is 0 Å². The number of carbonyl (C=O) groups is 1. The van der Waals surface area contributed by atoms with Gasteiger partial charge in [0, 0.05) is 12.1 Å². The average Bonchev–Trinajstić information content (AvgIpc) is 2.67. The Labute approximate surface area is 144 Å². The molecule has 1 amide bonds. The summed E-state index contributed by atoms with van der Waals surface area (Å²) in [5.41, 5.74) is 3.04. The van der Waals surface area contributed by atoms with E-state index in [2.05, 4.69) is 22.3 Å². The van der Waals surface area contributed by atoms with E-state index in [1.165, 1.54) is 37.9 Å². The van der Waals surface area contributed by atoms with E-state index in [1.54, 1.807) is 0 Å². The van der Waals surface area contributed by atoms with Gasteiger partial charge in [0.2, 0.25) is 0 Å². The van der Waals surface area contributed by atoms with Crippen molar-refractivity contribution in [1.82, 2.24) is 10.2 Å². The van der Waals surface area contributed by atoms with Crippen LogP contribution >= 0.6 is 0 Å². The smallest absolute Gasteiger partial charge is 0.251 e. The van der Waals surface area contributed by atoms with Crippen LogP contribution in [-0.4, -0.2) is 37.0 Å². The van der Waals surface area contributed by atoms with Gasteiger partial charge in [-0.2, -0.15) is 0 Å². The first kappa shape index (κ1) is 16.7. The first-order valence-corrected chi connectivity index (χ1v) is 8.99. The van der Waals surface area contributed by atoms with E-state index in [0.717, 1.165) is 30.6 Å². The molecule has 2 aromatic rings. The lowest BCUT2D eigenvalue weighted by Crippen LogP contribution is -2.33. The fourth-order valence-electron chi connectivity index (χ4n) is 3.23. The molecule has 24 heavy (non-hydrogen) atoms. The van der Waals surface area contributed by atoms with Crippen molar-refractivity contribution in [2.45, 2.75) is 25.7 Å². The molecular weight excluding hydrogens is 296 g/mol. The molecule has 2 aromatic carbocycles. The predicted molar refractivity (Wildman–Crippen MR) is 99.1 cm³/mol. The molecule has 0 spiro atoms. The summed E-state index contributed by atoms with van der Waals surface area (Å²) in [6, 6.07) is 18.1. The van der Waals surface area contributed by atoms with Gasteiger partial charge in [0.05, 0.1) is 0 Å². The van der Waals surface area contributed by atoms with Gasteiger partial charge in [-0.05, 0) is 62.2 Å². The fourth-order valence-corrected chi connectivity index (χ4v) is 3.23. The van der Waals surface area contributed by atoms with Gasteiger partial charge in [0.1, 0.15) is 0 Å². The maximum absolute atomic E-state index is 12.2. The van der Waals surface area contributed by atoms with Crippen LogP contribution in [0.15, 0.2) is 54.6 Å². The lowest BCUT2D eigenvalue weighted by molar-refractivity contribution is 0.0951. The Bertz CT molecular complexity index is 631. The summed E-state index contributed by atoms with van der Waals surface area (Å²) in [5.74, 6) is 0.0215. The van der Waals surface area contributed by atoms with E-state index >= 15 is 0 Å². The minimum Gasteiger partial charge on any atom is -0.352 e. The largest absolute Gasteiger partial charge is 0.352 e. The van der Waals surface area contributed by atoms with Crippen molar-refractivity contribution in [2.75, 3.05) is 26.2 Å². The summed E-state index contributed by atoms with van der Waals surface area (Å²) in [7, 11) is 0. The molecule has 3 rings (SSSR count). The standard InChI is InChI=1S/C21H26N2O/c24-21(22-14-7-17-23-15-5-2-6-16-23)20-12-10-19(11-13-20)18-8-3-1-4-9-18/h1,3-4,8-13H,2,5-7,14-17H2,(H,22,24). The van der Waals surface area contributed by atoms with Gasteiger partial charge in [-0.15, -0.1) is 0 Å². The molecule has 0 aromatic heterocycles. The molecule has 1 heterocycles. The van der Waals surface area contributed by atoms with Crippen molar-refractivity contribution in [3.8, 4) is 11.1 Å². The van der Waals surface area contributed by atoms with Crippen molar-refractivity contribution in [3.05, 3.63) is 60.2 Å². The second kappa shape index (κ2) is 8.65. The van der Waals surface area contributed by atoms with Crippen LogP contribution in [0.1, 0.15) is 36.0 Å². The highest BCUT2D eigenvalue weighted by Crippen LogP contribution is 2.19. The molecule has 0 bridgehead atoms. The highest BCUT2D eigenvalue weighted by Gasteiger charge is 2.10. The third kappa shape index (κ3) is 4.68. The first-order chi connectivity index (χ1) is 11.8. The molecule has 0 saturated carbocycles. The highest BCUT2D eigenvalue weighted by molar-refractivity contribution is 5.94. The molecule has 3 heteroatoms. The van der Waals surface area contributed by atoms with E-state index < -0.39 is 0 Å². The van der Waals surface area contributed by atoms with E-state index in [-0.39, 0.29) is 5.91 Å². The Hall–Kier alpha value is -2.13. The molecule has 1 aliphatic heterocycles. The van der Waals surface area contributed by atoms with Crippen LogP contribution in [0.5, 0.6) is 0 Å². The van der Waals surface area contributed by atoms with Crippen LogP contribution in [0.2, 0.25) is 0 Å². The third-order valence-corrected chi connectivity index (χ3v) is 4.64. The van der Waals surface area contributed by atoms with Gasteiger partial charge in [0.15, 0.2) is 0 Å². The Morgan fingerprint density at radius 2 is 1.54 bits per heavy atom. The molecule has 126 valence electrons. The molecule has 0 radical (unpaired) electrons. The molecule has 1 fully saturated rings. The van der Waals surface area contributed by atoms with Crippen molar-refractivity contribution in [3.63, 3.8) is 0 Å². The maximum Gasteiger partial charge on any atom is 0.251 e. The van der Waals surface area contributed by atoms with Crippen molar-refractivity contribution in [2.24, 2.45) is 0 Å². The van der Waals surface area contributed by atoms with Gasteiger partial charge < -0.3 is 10.2 Å². The summed E-state index contributed by atoms with van der Waals surface area (Å²) in [6.07, 6.45) is 5.03. The number of hydrogen-bond donors (Lipinski definition) is 1. The van der Waals surface area contributed by atoms with Crippen LogP contribution in [0.3, 0.4) is 0 Å². The van der Waals surface area contributed by atoms with Crippen LogP contribution in [0.25, 0.3) is 11.1 Å². The zero-order valence-corrected chi connectivity index (χ0v) is 14.2. The first-order valence-electron chi connectivity index (χ1n) is 8.99. The third-order valence-electron chi connectivity index (χ3n) is 4.64. The zero-order valence-electron chi connectivity index (χ0n) is 14.2. The van der Waals surface area contributed by atoms with Crippen LogP contribution in [0, 0.1) is 0 Å². The lowest BCUT2D eigenvalue weighted by Gasteiger charge is -2.26. The van der Waals surface area contributed by atoms with Crippen LogP contribution in [0.4, 0.5) is 0 Å². The fraction of sp³-hybridized carbons (Fsp3) is 0.381. The molecule has 3 nitrogen and oxygen atoms in total. The molecule has 1 saturated heterocycles. The molecule has 0 atom stereocenters. The van der Waals surface area contributed by atoms with Crippen molar-refractivity contribution >= 4 is 5.91 Å². The van der Waals surface area contributed by atoms with Crippen LogP contribution < -0.4 is 5.32 Å². The van der Waals surface area contributed by atoms with Gasteiger partial charge in [0.25, 0.3) is 5.91 Å². The van der Waals surface area contributed by atoms with Crippen LogP contribution in [-0.2, 0) is 0 Å². The topological polar surface area (TPSA) is 32.3 Å². The number of carbonyl (C=O) groups excluding carboxylic acids is 1. The van der Waals surface area contributed by atoms with Crippen molar-refractivity contribution in [1.29, 1.82) is 0 Å². The summed E-state index contributed by atoms with van der Waals surface area (Å²) >= 11 is 0. The monoisotopic (exact) mass is 322 g/mol. The van der Waals surface area contributed by atoms with Gasteiger partial charge in [-0.3, -0.25) is 4.79 Å². The lowest BCUT2D eigenvalue weighted by atomic mass is 10.0. The van der Waals surface area contributed by atoms with Gasteiger partial charge in [-0.25, -0.2) is 0 Å². The zero-order chi connectivity index (χ0) is 16.6. The van der Waals surface area contributed by atoms with Crippen molar-refractivity contribution < 1.29 is 4.79 Å². The summed E-state index contributed by atoms with van der Waals surface area (Å²) in [4.78, 5) is 14.7. The summed E-state index contributed by atoms with van der Waals surface area (Å²) < 4.78 is 0. The SMILES string of the molecule is O=C(NCCCN1CCCCC1)c1ccc(-c2ccccc2)cc1. The average molecular weight is 322 g/mol. The second-order valence-electron chi connectivity index (χ2n) is 6.46. The molecule has 0 unspecified atom stereocenters. The number of hydrogen-bond acceptors (Lipinski definition) is 2. The minimum atomic E-state index is 0.0215. The Kier molecular flexibility index (Phi) is 6.02. The number of rotatable bonds is 6. The highest BCUT2D eigenvalue weighted by atomic mass is 16.1. The number of piperidine rings is 1. The Morgan fingerprint density at radius 1 is 0.875 bits per heavy atom. The number of nitrogens with one attached hydrogen (secondary N) is 1. The van der Waals surface area contributed by atoms with Gasteiger partial charge in [-0.1, -0.05) is 48.9 Å². The normalized spacial score (nSPS) is 15.2.